The Morgan fingerprint density at radius 1 is 1.31 bits per heavy atom. The number of benzene rings is 1. The van der Waals surface area contributed by atoms with Crippen LogP contribution in [0, 0.1) is 11.3 Å². The number of imide groups is 1. The smallest absolute Gasteiger partial charge is 0.323 e. The number of carbonyl (C=O) groups is 3. The molecule has 0 bridgehead atoms. The first kappa shape index (κ1) is 18.2. The molecule has 1 N–H and O–H groups in total. The van der Waals surface area contributed by atoms with Crippen molar-refractivity contribution in [2.24, 2.45) is 0 Å². The summed E-state index contributed by atoms with van der Waals surface area (Å²) in [6.07, 6.45) is 4.07. The highest BCUT2D eigenvalue weighted by Crippen LogP contribution is 2.39. The summed E-state index contributed by atoms with van der Waals surface area (Å²) in [5, 5.41) is 12.1. The van der Waals surface area contributed by atoms with Crippen molar-refractivity contribution >= 4 is 35.1 Å². The SMILES string of the molecule is CN1C(=O)N(CC(=O)Nc2cc(Cl)ccc2C#N)C(=O)C12CCCCC2. The molecule has 136 valence electrons. The third-order valence-electron chi connectivity index (χ3n) is 5.16. The number of halogens is 1. The molecule has 1 aliphatic carbocycles. The Hall–Kier alpha value is -2.59. The van der Waals surface area contributed by atoms with E-state index in [2.05, 4.69) is 5.32 Å². The molecule has 26 heavy (non-hydrogen) atoms. The van der Waals surface area contributed by atoms with E-state index >= 15 is 0 Å². The first-order valence-corrected chi connectivity index (χ1v) is 8.86. The molecule has 2 fully saturated rings. The molecule has 1 aliphatic heterocycles. The van der Waals surface area contributed by atoms with E-state index in [9.17, 15) is 14.4 Å². The first-order chi connectivity index (χ1) is 12.4. The second-order valence-corrected chi connectivity index (χ2v) is 7.11. The van der Waals surface area contributed by atoms with Crippen molar-refractivity contribution in [1.82, 2.24) is 9.80 Å². The zero-order valence-electron chi connectivity index (χ0n) is 14.4. The number of nitrogens with one attached hydrogen (secondary N) is 1. The Balaban J connectivity index is 1.76. The number of rotatable bonds is 3. The van der Waals surface area contributed by atoms with Crippen LogP contribution >= 0.6 is 11.6 Å². The Labute approximate surface area is 156 Å². The van der Waals surface area contributed by atoms with Gasteiger partial charge in [-0.05, 0) is 31.0 Å². The number of likely N-dealkylation sites (N-methyl/N-ethyl adjacent to an activating group) is 1. The predicted octanol–water partition coefficient (Wildman–Crippen LogP) is 2.75. The van der Waals surface area contributed by atoms with E-state index in [1.54, 1.807) is 13.1 Å². The molecule has 8 heteroatoms. The van der Waals surface area contributed by atoms with Gasteiger partial charge >= 0.3 is 6.03 Å². The van der Waals surface area contributed by atoms with Crippen LogP contribution in [0.25, 0.3) is 0 Å². The van der Waals surface area contributed by atoms with Crippen molar-refractivity contribution in [3.05, 3.63) is 28.8 Å². The number of urea groups is 1. The first-order valence-electron chi connectivity index (χ1n) is 8.48. The summed E-state index contributed by atoms with van der Waals surface area (Å²) >= 11 is 5.90. The molecule has 0 aromatic heterocycles. The summed E-state index contributed by atoms with van der Waals surface area (Å²) < 4.78 is 0. The minimum Gasteiger partial charge on any atom is -0.323 e. The van der Waals surface area contributed by atoms with Gasteiger partial charge in [0, 0.05) is 12.1 Å². The fourth-order valence-corrected chi connectivity index (χ4v) is 3.89. The molecule has 1 heterocycles. The molecule has 0 radical (unpaired) electrons. The lowest BCUT2D eigenvalue weighted by Gasteiger charge is -2.35. The van der Waals surface area contributed by atoms with Crippen LogP contribution in [0.15, 0.2) is 18.2 Å². The standard InChI is InChI=1S/C18H19ClN4O3/c1-22-17(26)23(16(25)18(22)7-3-2-4-8-18)11-15(24)21-14-9-13(19)6-5-12(14)10-20/h5-6,9H,2-4,7-8,11H2,1H3,(H,21,24). The van der Waals surface area contributed by atoms with Crippen LogP contribution < -0.4 is 5.32 Å². The third kappa shape index (κ3) is 3.01. The Morgan fingerprint density at radius 2 is 2.00 bits per heavy atom. The van der Waals surface area contributed by atoms with Crippen molar-refractivity contribution in [1.29, 1.82) is 5.26 Å². The fraction of sp³-hybridized carbons (Fsp3) is 0.444. The fourth-order valence-electron chi connectivity index (χ4n) is 3.72. The number of hydrogen-bond donors (Lipinski definition) is 1. The predicted molar refractivity (Wildman–Crippen MR) is 95.5 cm³/mol. The van der Waals surface area contributed by atoms with Crippen molar-refractivity contribution in [3.63, 3.8) is 0 Å². The van der Waals surface area contributed by atoms with Gasteiger partial charge in [0.1, 0.15) is 18.2 Å². The highest BCUT2D eigenvalue weighted by atomic mass is 35.5. The van der Waals surface area contributed by atoms with Gasteiger partial charge in [0.25, 0.3) is 5.91 Å². The summed E-state index contributed by atoms with van der Waals surface area (Å²) in [6.45, 7) is -0.388. The minimum atomic E-state index is -0.816. The molecule has 0 atom stereocenters. The van der Waals surface area contributed by atoms with Crippen LogP contribution in [0.2, 0.25) is 5.02 Å². The summed E-state index contributed by atoms with van der Waals surface area (Å²) in [6, 6.07) is 6.00. The van der Waals surface area contributed by atoms with E-state index in [-0.39, 0.29) is 23.7 Å². The number of nitriles is 1. The van der Waals surface area contributed by atoms with E-state index < -0.39 is 17.5 Å². The van der Waals surface area contributed by atoms with Crippen LogP contribution in [0.3, 0.4) is 0 Å². The number of amides is 4. The quantitative estimate of drug-likeness (QED) is 0.823. The molecule has 3 rings (SSSR count). The second kappa shape index (κ2) is 6.96. The molecule has 0 unspecified atom stereocenters. The van der Waals surface area contributed by atoms with Gasteiger partial charge in [0.15, 0.2) is 0 Å². The Kier molecular flexibility index (Phi) is 4.88. The highest BCUT2D eigenvalue weighted by Gasteiger charge is 2.55. The summed E-state index contributed by atoms with van der Waals surface area (Å²) in [4.78, 5) is 40.3. The van der Waals surface area contributed by atoms with Gasteiger partial charge in [0.2, 0.25) is 5.91 Å². The van der Waals surface area contributed by atoms with Gasteiger partial charge in [-0.2, -0.15) is 5.26 Å². The van der Waals surface area contributed by atoms with Gasteiger partial charge in [-0.3, -0.25) is 14.5 Å². The van der Waals surface area contributed by atoms with Crippen molar-refractivity contribution in [2.75, 3.05) is 18.9 Å². The number of hydrogen-bond acceptors (Lipinski definition) is 4. The molecule has 7 nitrogen and oxygen atoms in total. The van der Waals surface area contributed by atoms with Crippen molar-refractivity contribution in [3.8, 4) is 6.07 Å². The van der Waals surface area contributed by atoms with Crippen molar-refractivity contribution in [2.45, 2.75) is 37.6 Å². The van der Waals surface area contributed by atoms with E-state index in [0.717, 1.165) is 24.2 Å². The maximum absolute atomic E-state index is 12.9. The van der Waals surface area contributed by atoms with E-state index in [4.69, 9.17) is 16.9 Å². The van der Waals surface area contributed by atoms with Crippen LogP contribution in [0.4, 0.5) is 10.5 Å². The number of carbonyl (C=O) groups excluding carboxylic acids is 3. The lowest BCUT2D eigenvalue weighted by atomic mass is 9.81. The van der Waals surface area contributed by atoms with E-state index in [1.165, 1.54) is 17.0 Å². The van der Waals surface area contributed by atoms with Gasteiger partial charge < -0.3 is 10.2 Å². The largest absolute Gasteiger partial charge is 0.327 e. The topological polar surface area (TPSA) is 93.5 Å². The molecule has 1 saturated heterocycles. The highest BCUT2D eigenvalue weighted by molar-refractivity contribution is 6.31. The summed E-state index contributed by atoms with van der Waals surface area (Å²) in [7, 11) is 1.62. The maximum Gasteiger partial charge on any atom is 0.327 e. The Morgan fingerprint density at radius 3 is 2.65 bits per heavy atom. The molecular weight excluding hydrogens is 356 g/mol. The lowest BCUT2D eigenvalue weighted by molar-refractivity contribution is -0.136. The Bertz CT molecular complexity index is 811. The molecular formula is C18H19ClN4O3. The third-order valence-corrected chi connectivity index (χ3v) is 5.40. The molecule has 1 saturated carbocycles. The van der Waals surface area contributed by atoms with Crippen LogP contribution in [-0.2, 0) is 9.59 Å². The van der Waals surface area contributed by atoms with Crippen molar-refractivity contribution < 1.29 is 14.4 Å². The number of anilines is 1. The molecule has 1 aromatic carbocycles. The lowest BCUT2D eigenvalue weighted by Crippen LogP contribution is -2.49. The van der Waals surface area contributed by atoms with Gasteiger partial charge in [-0.15, -0.1) is 0 Å². The molecule has 2 aliphatic rings. The van der Waals surface area contributed by atoms with Gasteiger partial charge in [-0.25, -0.2) is 4.79 Å². The normalized spacial score (nSPS) is 19.0. The monoisotopic (exact) mass is 374 g/mol. The van der Waals surface area contributed by atoms with E-state index in [0.29, 0.717) is 17.9 Å². The zero-order chi connectivity index (χ0) is 18.9. The van der Waals surface area contributed by atoms with Gasteiger partial charge in [0.05, 0.1) is 11.3 Å². The summed E-state index contributed by atoms with van der Waals surface area (Å²) in [5.41, 5.74) is -0.309. The van der Waals surface area contributed by atoms with Gasteiger partial charge in [-0.1, -0.05) is 30.9 Å². The van der Waals surface area contributed by atoms with Crippen LogP contribution in [-0.4, -0.2) is 46.8 Å². The summed E-state index contributed by atoms with van der Waals surface area (Å²) in [5.74, 6) is -0.863. The second-order valence-electron chi connectivity index (χ2n) is 6.68. The average molecular weight is 375 g/mol. The van der Waals surface area contributed by atoms with Crippen LogP contribution in [0.1, 0.15) is 37.7 Å². The number of nitrogens with zero attached hydrogens (tertiary/aromatic N) is 3. The minimum absolute atomic E-state index is 0.252. The molecule has 1 spiro atoms. The zero-order valence-corrected chi connectivity index (χ0v) is 15.2. The molecule has 1 aromatic rings. The van der Waals surface area contributed by atoms with Crippen LogP contribution in [0.5, 0.6) is 0 Å². The average Bonchev–Trinajstić information content (AvgIpc) is 2.79. The van der Waals surface area contributed by atoms with E-state index in [1.807, 2.05) is 6.07 Å². The maximum atomic E-state index is 12.9. The molecule has 4 amide bonds.